The fraction of sp³-hybridized carbons (Fsp3) is 0.0714. The number of halogens is 2. The molecule has 0 radical (unpaired) electrons. The van der Waals surface area contributed by atoms with Gasteiger partial charge in [0.2, 0.25) is 0 Å². The molecule has 2 rings (SSSR count). The van der Waals surface area contributed by atoms with Crippen molar-refractivity contribution in [3.63, 3.8) is 0 Å². The molecule has 0 aliphatic carbocycles. The Morgan fingerprint density at radius 1 is 1.06 bits per heavy atom. The number of hydrogen-bond acceptors (Lipinski definition) is 2. The van der Waals surface area contributed by atoms with Crippen molar-refractivity contribution in [1.82, 2.24) is 0 Å². The molecular formula is C14H9Cl2NO. The molecule has 0 unspecified atom stereocenters. The quantitative estimate of drug-likeness (QED) is 0.831. The Labute approximate surface area is 115 Å². The van der Waals surface area contributed by atoms with Gasteiger partial charge in [0.1, 0.15) is 17.4 Å². The Morgan fingerprint density at radius 2 is 1.78 bits per heavy atom. The van der Waals surface area contributed by atoms with Gasteiger partial charge in [-0.25, -0.2) is 0 Å². The molecule has 2 aromatic carbocycles. The van der Waals surface area contributed by atoms with Gasteiger partial charge in [0, 0.05) is 0 Å². The first-order valence-corrected chi connectivity index (χ1v) is 6.02. The fourth-order valence-corrected chi connectivity index (χ4v) is 1.78. The topological polar surface area (TPSA) is 33.0 Å². The molecule has 0 aromatic heterocycles. The van der Waals surface area contributed by atoms with Crippen LogP contribution in [0.5, 0.6) is 5.75 Å². The van der Waals surface area contributed by atoms with E-state index in [0.29, 0.717) is 28.0 Å². The number of rotatable bonds is 3. The molecule has 0 aliphatic heterocycles. The molecule has 0 amide bonds. The predicted octanol–water partition coefficient (Wildman–Crippen LogP) is 4.44. The summed E-state index contributed by atoms with van der Waals surface area (Å²) in [5, 5.41) is 9.57. The van der Waals surface area contributed by atoms with E-state index >= 15 is 0 Å². The average Bonchev–Trinajstić information content (AvgIpc) is 2.41. The predicted molar refractivity (Wildman–Crippen MR) is 72.0 cm³/mol. The summed E-state index contributed by atoms with van der Waals surface area (Å²) in [6, 6.07) is 14.5. The van der Waals surface area contributed by atoms with E-state index in [9.17, 15) is 0 Å². The van der Waals surface area contributed by atoms with Crippen molar-refractivity contribution in [3.8, 4) is 11.8 Å². The molecule has 0 saturated heterocycles. The van der Waals surface area contributed by atoms with Crippen molar-refractivity contribution in [2.24, 2.45) is 0 Å². The van der Waals surface area contributed by atoms with Gasteiger partial charge < -0.3 is 4.74 Å². The fourth-order valence-electron chi connectivity index (χ4n) is 1.43. The van der Waals surface area contributed by atoms with Crippen LogP contribution >= 0.6 is 23.2 Å². The number of hydrogen-bond donors (Lipinski definition) is 0. The van der Waals surface area contributed by atoms with Crippen molar-refractivity contribution in [2.75, 3.05) is 0 Å². The Morgan fingerprint density at radius 3 is 2.44 bits per heavy atom. The molecule has 18 heavy (non-hydrogen) atoms. The zero-order chi connectivity index (χ0) is 13.0. The summed E-state index contributed by atoms with van der Waals surface area (Å²) in [7, 11) is 0. The average molecular weight is 278 g/mol. The van der Waals surface area contributed by atoms with Crippen molar-refractivity contribution in [3.05, 3.63) is 63.6 Å². The summed E-state index contributed by atoms with van der Waals surface area (Å²) in [4.78, 5) is 0. The summed E-state index contributed by atoms with van der Waals surface area (Å²) < 4.78 is 5.58. The largest absolute Gasteiger partial charge is 0.487 e. The van der Waals surface area contributed by atoms with Crippen LogP contribution in [0.2, 0.25) is 10.0 Å². The first-order valence-electron chi connectivity index (χ1n) is 5.26. The molecule has 0 spiro atoms. The van der Waals surface area contributed by atoms with Gasteiger partial charge in [-0.15, -0.1) is 0 Å². The van der Waals surface area contributed by atoms with Crippen molar-refractivity contribution < 1.29 is 4.74 Å². The van der Waals surface area contributed by atoms with E-state index in [4.69, 9.17) is 33.2 Å². The molecule has 0 N–H and O–H groups in total. The highest BCUT2D eigenvalue weighted by molar-refractivity contribution is 6.42. The van der Waals surface area contributed by atoms with Crippen LogP contribution < -0.4 is 4.74 Å². The van der Waals surface area contributed by atoms with Crippen LogP contribution in [0.3, 0.4) is 0 Å². The summed E-state index contributed by atoms with van der Waals surface area (Å²) in [6.45, 7) is 0.381. The van der Waals surface area contributed by atoms with Gasteiger partial charge in [0.05, 0.1) is 16.7 Å². The monoisotopic (exact) mass is 277 g/mol. The number of nitrogens with zero attached hydrogens (tertiary/aromatic N) is 1. The van der Waals surface area contributed by atoms with Gasteiger partial charge in [-0.1, -0.05) is 41.4 Å². The minimum absolute atomic E-state index is 0.381. The third-order valence-corrected chi connectivity index (χ3v) is 3.20. The molecule has 90 valence electrons. The van der Waals surface area contributed by atoms with Crippen LogP contribution in [0, 0.1) is 11.3 Å². The third-order valence-electron chi connectivity index (χ3n) is 2.39. The number of nitriles is 1. The van der Waals surface area contributed by atoms with Crippen LogP contribution in [0.15, 0.2) is 42.5 Å². The van der Waals surface area contributed by atoms with Crippen molar-refractivity contribution >= 4 is 23.2 Å². The number of ether oxygens (including phenoxy) is 1. The maximum atomic E-state index is 8.69. The molecule has 0 saturated carbocycles. The van der Waals surface area contributed by atoms with E-state index in [1.54, 1.807) is 30.3 Å². The van der Waals surface area contributed by atoms with Gasteiger partial charge in [0.15, 0.2) is 0 Å². The van der Waals surface area contributed by atoms with E-state index in [2.05, 4.69) is 6.07 Å². The molecule has 0 fully saturated rings. The van der Waals surface area contributed by atoms with Gasteiger partial charge in [-0.2, -0.15) is 5.26 Å². The second kappa shape index (κ2) is 5.77. The van der Waals surface area contributed by atoms with E-state index in [1.807, 2.05) is 12.1 Å². The lowest BCUT2D eigenvalue weighted by atomic mass is 10.2. The van der Waals surface area contributed by atoms with Crippen molar-refractivity contribution in [2.45, 2.75) is 6.61 Å². The molecule has 2 nitrogen and oxygen atoms in total. The van der Waals surface area contributed by atoms with Crippen LogP contribution in [0.4, 0.5) is 0 Å². The third kappa shape index (κ3) is 2.95. The molecule has 0 aliphatic rings. The summed E-state index contributed by atoms with van der Waals surface area (Å²) >= 11 is 11.9. The standard InChI is InChI=1S/C14H9Cl2NO/c15-12-2-1-3-13(14(12)16)18-9-11-6-4-10(8-17)5-7-11/h1-7H,9H2. The number of benzene rings is 2. The second-order valence-corrected chi connectivity index (χ2v) is 4.43. The SMILES string of the molecule is N#Cc1ccc(COc2cccc(Cl)c2Cl)cc1. The minimum Gasteiger partial charge on any atom is -0.487 e. The lowest BCUT2D eigenvalue weighted by Gasteiger charge is -2.08. The highest BCUT2D eigenvalue weighted by Gasteiger charge is 2.05. The molecule has 0 bridgehead atoms. The first kappa shape index (κ1) is 12.8. The van der Waals surface area contributed by atoms with E-state index in [-0.39, 0.29) is 0 Å². The Hall–Kier alpha value is -1.69. The molecular weight excluding hydrogens is 269 g/mol. The van der Waals surface area contributed by atoms with Crippen molar-refractivity contribution in [1.29, 1.82) is 5.26 Å². The van der Waals surface area contributed by atoms with E-state index in [1.165, 1.54) is 0 Å². The normalized spacial score (nSPS) is 9.83. The smallest absolute Gasteiger partial charge is 0.139 e. The van der Waals surface area contributed by atoms with Gasteiger partial charge in [-0.3, -0.25) is 0 Å². The maximum absolute atomic E-state index is 8.69. The minimum atomic E-state index is 0.381. The zero-order valence-corrected chi connectivity index (χ0v) is 10.9. The molecule has 0 atom stereocenters. The maximum Gasteiger partial charge on any atom is 0.139 e. The van der Waals surface area contributed by atoms with Crippen LogP contribution in [0.1, 0.15) is 11.1 Å². The second-order valence-electron chi connectivity index (χ2n) is 3.65. The summed E-state index contributed by atoms with van der Waals surface area (Å²) in [6.07, 6.45) is 0. The lowest BCUT2D eigenvalue weighted by Crippen LogP contribution is -1.96. The lowest BCUT2D eigenvalue weighted by molar-refractivity contribution is 0.306. The Bertz CT molecular complexity index is 588. The van der Waals surface area contributed by atoms with Gasteiger partial charge >= 0.3 is 0 Å². The highest BCUT2D eigenvalue weighted by atomic mass is 35.5. The zero-order valence-electron chi connectivity index (χ0n) is 9.36. The van der Waals surface area contributed by atoms with Crippen LogP contribution in [0.25, 0.3) is 0 Å². The molecule has 4 heteroatoms. The Balaban J connectivity index is 2.07. The Kier molecular flexibility index (Phi) is 4.09. The van der Waals surface area contributed by atoms with Crippen LogP contribution in [-0.4, -0.2) is 0 Å². The summed E-state index contributed by atoms with van der Waals surface area (Å²) in [5.41, 5.74) is 1.59. The van der Waals surface area contributed by atoms with E-state index in [0.717, 1.165) is 5.56 Å². The molecule has 2 aromatic rings. The summed E-state index contributed by atoms with van der Waals surface area (Å²) in [5.74, 6) is 0.550. The molecule has 0 heterocycles. The van der Waals surface area contributed by atoms with Gasteiger partial charge in [-0.05, 0) is 29.8 Å². The van der Waals surface area contributed by atoms with Gasteiger partial charge in [0.25, 0.3) is 0 Å². The van der Waals surface area contributed by atoms with Crippen LogP contribution in [-0.2, 0) is 6.61 Å². The first-order chi connectivity index (χ1) is 8.70. The highest BCUT2D eigenvalue weighted by Crippen LogP contribution is 2.31. The van der Waals surface area contributed by atoms with E-state index < -0.39 is 0 Å².